The highest BCUT2D eigenvalue weighted by molar-refractivity contribution is 6.11. The number of rotatable bonds is 5. The molecule has 0 aromatic carbocycles. The summed E-state index contributed by atoms with van der Waals surface area (Å²) in [6.07, 6.45) is 4.12. The standard InChI is InChI=1S/C13H20N4O2/c1-3-5-8(6-4-2)17-12(14)11-9(16-17)7-10(18)15-13(11)19/h8H,3-7,14H2,1-2H3,(H,15,18,19). The molecule has 3 N–H and O–H groups in total. The number of hydrogen-bond donors (Lipinski definition) is 2. The molecule has 0 atom stereocenters. The lowest BCUT2D eigenvalue weighted by atomic mass is 10.1. The Morgan fingerprint density at radius 3 is 2.53 bits per heavy atom. The number of anilines is 1. The number of nitrogens with zero attached hydrogens (tertiary/aromatic N) is 2. The van der Waals surface area contributed by atoms with E-state index >= 15 is 0 Å². The molecule has 1 aromatic rings. The van der Waals surface area contributed by atoms with Crippen LogP contribution in [0, 0.1) is 0 Å². The number of nitrogens with one attached hydrogen (secondary N) is 1. The minimum Gasteiger partial charge on any atom is -0.383 e. The smallest absolute Gasteiger partial charge is 0.263 e. The van der Waals surface area contributed by atoms with Gasteiger partial charge in [0.2, 0.25) is 5.91 Å². The Hall–Kier alpha value is -1.85. The molecule has 1 aliphatic rings. The van der Waals surface area contributed by atoms with Gasteiger partial charge in [-0.1, -0.05) is 26.7 Å². The van der Waals surface area contributed by atoms with Crippen LogP contribution in [0.1, 0.15) is 61.6 Å². The van der Waals surface area contributed by atoms with Gasteiger partial charge in [-0.3, -0.25) is 14.9 Å². The van der Waals surface area contributed by atoms with Crippen LogP contribution in [0.25, 0.3) is 0 Å². The highest BCUT2D eigenvalue weighted by Crippen LogP contribution is 2.28. The average Bonchev–Trinajstić information content (AvgIpc) is 2.66. The Balaban J connectivity index is 2.40. The summed E-state index contributed by atoms with van der Waals surface area (Å²) >= 11 is 0. The fourth-order valence-corrected chi connectivity index (χ4v) is 2.59. The van der Waals surface area contributed by atoms with E-state index in [4.69, 9.17) is 5.73 Å². The molecule has 1 aliphatic heterocycles. The SMILES string of the molecule is CCCC(CCC)n1nc2c(c1N)C(=O)NC(=O)C2. The molecule has 0 saturated carbocycles. The zero-order valence-electron chi connectivity index (χ0n) is 11.4. The maximum atomic E-state index is 11.8. The molecule has 0 saturated heterocycles. The predicted molar refractivity (Wildman–Crippen MR) is 71.7 cm³/mol. The second-order valence-corrected chi connectivity index (χ2v) is 4.94. The van der Waals surface area contributed by atoms with Crippen molar-refractivity contribution in [1.29, 1.82) is 0 Å². The summed E-state index contributed by atoms with van der Waals surface area (Å²) in [5.74, 6) is -0.363. The van der Waals surface area contributed by atoms with Gasteiger partial charge in [0.25, 0.3) is 5.91 Å². The summed E-state index contributed by atoms with van der Waals surface area (Å²) in [5.41, 5.74) is 6.93. The molecule has 0 aliphatic carbocycles. The molecule has 0 bridgehead atoms. The van der Waals surface area contributed by atoms with Crippen LogP contribution in [0.4, 0.5) is 5.82 Å². The van der Waals surface area contributed by atoms with E-state index in [1.165, 1.54) is 0 Å². The highest BCUT2D eigenvalue weighted by atomic mass is 16.2. The second-order valence-electron chi connectivity index (χ2n) is 4.94. The number of fused-ring (bicyclic) bond motifs is 1. The number of hydrogen-bond acceptors (Lipinski definition) is 4. The lowest BCUT2D eigenvalue weighted by molar-refractivity contribution is -0.119. The summed E-state index contributed by atoms with van der Waals surface area (Å²) in [7, 11) is 0. The third-order valence-corrected chi connectivity index (χ3v) is 3.42. The van der Waals surface area contributed by atoms with Crippen molar-refractivity contribution in [3.8, 4) is 0 Å². The maximum absolute atomic E-state index is 11.8. The van der Waals surface area contributed by atoms with Crippen molar-refractivity contribution >= 4 is 17.6 Å². The van der Waals surface area contributed by atoms with Crippen LogP contribution >= 0.6 is 0 Å². The van der Waals surface area contributed by atoms with Crippen molar-refractivity contribution in [2.45, 2.75) is 52.0 Å². The molecule has 0 spiro atoms. The number of carbonyl (C=O) groups excluding carboxylic acids is 2. The van der Waals surface area contributed by atoms with Crippen LogP contribution in [0.15, 0.2) is 0 Å². The Morgan fingerprint density at radius 2 is 1.95 bits per heavy atom. The van der Waals surface area contributed by atoms with Crippen LogP contribution in [-0.4, -0.2) is 21.6 Å². The highest BCUT2D eigenvalue weighted by Gasteiger charge is 2.30. The van der Waals surface area contributed by atoms with Crippen LogP contribution in [0.2, 0.25) is 0 Å². The number of nitrogen functional groups attached to an aromatic ring is 1. The minimum absolute atomic E-state index is 0.128. The van der Waals surface area contributed by atoms with Gasteiger partial charge in [0.15, 0.2) is 0 Å². The summed E-state index contributed by atoms with van der Waals surface area (Å²) < 4.78 is 1.73. The van der Waals surface area contributed by atoms with Gasteiger partial charge in [-0.2, -0.15) is 5.10 Å². The fourth-order valence-electron chi connectivity index (χ4n) is 2.59. The summed E-state index contributed by atoms with van der Waals surface area (Å²) in [6, 6.07) is 0.198. The quantitative estimate of drug-likeness (QED) is 0.787. The van der Waals surface area contributed by atoms with Gasteiger partial charge in [0.1, 0.15) is 11.4 Å². The molecule has 6 heteroatoms. The van der Waals surface area contributed by atoms with Crippen molar-refractivity contribution in [3.05, 3.63) is 11.3 Å². The molecule has 2 amide bonds. The first kappa shape index (κ1) is 13.6. The lowest BCUT2D eigenvalue weighted by Gasteiger charge is -2.17. The average molecular weight is 264 g/mol. The molecular weight excluding hydrogens is 244 g/mol. The van der Waals surface area contributed by atoms with Gasteiger partial charge in [-0.15, -0.1) is 0 Å². The Kier molecular flexibility index (Phi) is 3.87. The number of nitrogens with two attached hydrogens (primary N) is 1. The van der Waals surface area contributed by atoms with E-state index in [0.29, 0.717) is 17.1 Å². The number of aromatic nitrogens is 2. The molecule has 0 radical (unpaired) electrons. The Bertz CT molecular complexity index is 501. The summed E-state index contributed by atoms with van der Waals surface area (Å²) in [4.78, 5) is 23.2. The van der Waals surface area contributed by atoms with E-state index in [9.17, 15) is 9.59 Å². The molecule has 104 valence electrons. The normalized spacial score (nSPS) is 14.7. The minimum atomic E-state index is -0.429. The third-order valence-electron chi connectivity index (χ3n) is 3.42. The van der Waals surface area contributed by atoms with Crippen LogP contribution in [0.5, 0.6) is 0 Å². The van der Waals surface area contributed by atoms with Crippen LogP contribution in [0.3, 0.4) is 0 Å². The zero-order valence-corrected chi connectivity index (χ0v) is 11.4. The molecule has 1 aromatic heterocycles. The van der Waals surface area contributed by atoms with Crippen molar-refractivity contribution in [1.82, 2.24) is 15.1 Å². The van der Waals surface area contributed by atoms with Gasteiger partial charge >= 0.3 is 0 Å². The summed E-state index contributed by atoms with van der Waals surface area (Å²) in [6.45, 7) is 4.22. The van der Waals surface area contributed by atoms with Crippen molar-refractivity contribution < 1.29 is 9.59 Å². The fraction of sp³-hybridized carbons (Fsp3) is 0.615. The molecule has 2 heterocycles. The number of amides is 2. The predicted octanol–water partition coefficient (Wildman–Crippen LogP) is 1.42. The van der Waals surface area contributed by atoms with E-state index in [-0.39, 0.29) is 18.4 Å². The largest absolute Gasteiger partial charge is 0.383 e. The number of carbonyl (C=O) groups is 2. The van der Waals surface area contributed by atoms with Gasteiger partial charge in [0, 0.05) is 0 Å². The summed E-state index contributed by atoms with van der Waals surface area (Å²) in [5, 5.41) is 6.68. The van der Waals surface area contributed by atoms with E-state index in [1.54, 1.807) is 4.68 Å². The molecular formula is C13H20N4O2. The maximum Gasteiger partial charge on any atom is 0.263 e. The first-order valence-electron chi connectivity index (χ1n) is 6.79. The first-order valence-corrected chi connectivity index (χ1v) is 6.79. The van der Waals surface area contributed by atoms with E-state index in [1.807, 2.05) is 0 Å². The Morgan fingerprint density at radius 1 is 1.32 bits per heavy atom. The van der Waals surface area contributed by atoms with Crippen molar-refractivity contribution in [2.24, 2.45) is 0 Å². The van der Waals surface area contributed by atoms with E-state index < -0.39 is 5.91 Å². The Labute approximate surface area is 112 Å². The second kappa shape index (κ2) is 5.42. The van der Waals surface area contributed by atoms with Gasteiger partial charge in [-0.05, 0) is 12.8 Å². The first-order chi connectivity index (χ1) is 9.08. The monoisotopic (exact) mass is 264 g/mol. The molecule has 0 fully saturated rings. The van der Waals surface area contributed by atoms with Crippen LogP contribution < -0.4 is 11.1 Å². The van der Waals surface area contributed by atoms with Crippen molar-refractivity contribution in [3.63, 3.8) is 0 Å². The van der Waals surface area contributed by atoms with Crippen LogP contribution in [-0.2, 0) is 11.2 Å². The van der Waals surface area contributed by atoms with Gasteiger partial charge < -0.3 is 5.73 Å². The zero-order chi connectivity index (χ0) is 14.0. The van der Waals surface area contributed by atoms with E-state index in [2.05, 4.69) is 24.3 Å². The molecule has 2 rings (SSSR count). The third kappa shape index (κ3) is 2.47. The van der Waals surface area contributed by atoms with Gasteiger partial charge in [-0.25, -0.2) is 4.68 Å². The van der Waals surface area contributed by atoms with Crippen molar-refractivity contribution in [2.75, 3.05) is 5.73 Å². The number of imide groups is 1. The van der Waals surface area contributed by atoms with Gasteiger partial charge in [0.05, 0.1) is 18.2 Å². The molecule has 6 nitrogen and oxygen atoms in total. The molecule has 19 heavy (non-hydrogen) atoms. The topological polar surface area (TPSA) is 90.0 Å². The molecule has 0 unspecified atom stereocenters. The van der Waals surface area contributed by atoms with E-state index in [0.717, 1.165) is 25.7 Å². The lowest BCUT2D eigenvalue weighted by Crippen LogP contribution is -2.37.